The van der Waals surface area contributed by atoms with Gasteiger partial charge in [-0.05, 0) is 30.3 Å². The molecule has 28 heavy (non-hydrogen) atoms. The number of carbonyl (C=O) groups is 1. The zero-order valence-electron chi connectivity index (χ0n) is 15.8. The SMILES string of the molecule is COc1ccccc1OCCN(C)C(=O)c1cc2c(s1)-c1ccccc1OC2. The molecule has 5 nitrogen and oxygen atoms in total. The Hall–Kier alpha value is -2.99. The maximum absolute atomic E-state index is 12.9. The Bertz CT molecular complexity index is 998. The Kier molecular flexibility index (Phi) is 5.21. The number of thiophene rings is 1. The average molecular weight is 395 g/mol. The van der Waals surface area contributed by atoms with Crippen LogP contribution in [0.1, 0.15) is 15.2 Å². The molecule has 0 bridgehead atoms. The molecule has 4 rings (SSSR count). The fourth-order valence-corrected chi connectivity index (χ4v) is 4.32. The van der Waals surface area contributed by atoms with E-state index in [1.807, 2.05) is 54.6 Å². The molecule has 0 fully saturated rings. The molecule has 6 heteroatoms. The molecule has 2 aromatic carbocycles. The lowest BCUT2D eigenvalue weighted by atomic mass is 10.1. The molecule has 3 aromatic rings. The molecule has 0 aliphatic carbocycles. The number of ether oxygens (including phenoxy) is 3. The van der Waals surface area contributed by atoms with Gasteiger partial charge in [-0.2, -0.15) is 0 Å². The van der Waals surface area contributed by atoms with Gasteiger partial charge in [0, 0.05) is 23.1 Å². The van der Waals surface area contributed by atoms with Gasteiger partial charge >= 0.3 is 0 Å². The lowest BCUT2D eigenvalue weighted by molar-refractivity contribution is 0.0778. The molecule has 1 aliphatic heterocycles. The maximum atomic E-state index is 12.9. The van der Waals surface area contributed by atoms with Gasteiger partial charge < -0.3 is 19.1 Å². The van der Waals surface area contributed by atoms with Gasteiger partial charge in [0.25, 0.3) is 5.91 Å². The summed E-state index contributed by atoms with van der Waals surface area (Å²) in [5.74, 6) is 2.21. The standard InChI is InChI=1S/C22H21NO4S/c1-23(11-12-26-19-10-6-5-9-18(19)25-2)22(24)20-13-15-14-27-17-8-4-3-7-16(17)21(15)28-20/h3-10,13H,11-12,14H2,1-2H3. The minimum atomic E-state index is -0.0134. The predicted octanol–water partition coefficient (Wildman–Crippen LogP) is 4.47. The molecule has 0 spiro atoms. The van der Waals surface area contributed by atoms with Crippen molar-refractivity contribution in [2.75, 3.05) is 27.3 Å². The van der Waals surface area contributed by atoms with Crippen LogP contribution in [-0.4, -0.2) is 38.1 Å². The van der Waals surface area contributed by atoms with Crippen molar-refractivity contribution in [2.24, 2.45) is 0 Å². The summed E-state index contributed by atoms with van der Waals surface area (Å²) in [6.07, 6.45) is 0. The molecule has 1 aromatic heterocycles. The Labute approximate surface area is 168 Å². The number of likely N-dealkylation sites (N-methyl/N-ethyl adjacent to an activating group) is 1. The van der Waals surface area contributed by atoms with Gasteiger partial charge in [-0.15, -0.1) is 11.3 Å². The van der Waals surface area contributed by atoms with Crippen LogP contribution in [0, 0.1) is 0 Å². The number of hydrogen-bond donors (Lipinski definition) is 0. The van der Waals surface area contributed by atoms with Crippen LogP contribution in [0.2, 0.25) is 0 Å². The van der Waals surface area contributed by atoms with Crippen LogP contribution in [0.4, 0.5) is 0 Å². The van der Waals surface area contributed by atoms with E-state index >= 15 is 0 Å². The first-order valence-electron chi connectivity index (χ1n) is 9.03. The summed E-state index contributed by atoms with van der Waals surface area (Å²) in [7, 11) is 3.40. The van der Waals surface area contributed by atoms with E-state index in [1.165, 1.54) is 11.3 Å². The number of benzene rings is 2. The molecule has 2 heterocycles. The molecule has 1 amide bonds. The van der Waals surface area contributed by atoms with Crippen LogP contribution < -0.4 is 14.2 Å². The first-order chi connectivity index (χ1) is 13.7. The van der Waals surface area contributed by atoms with Crippen LogP contribution in [0.15, 0.2) is 54.6 Å². The van der Waals surface area contributed by atoms with Crippen LogP contribution in [0.5, 0.6) is 17.2 Å². The van der Waals surface area contributed by atoms with Crippen molar-refractivity contribution in [3.8, 4) is 27.7 Å². The van der Waals surface area contributed by atoms with E-state index in [0.29, 0.717) is 36.1 Å². The van der Waals surface area contributed by atoms with E-state index < -0.39 is 0 Å². The van der Waals surface area contributed by atoms with E-state index in [2.05, 4.69) is 0 Å². The van der Waals surface area contributed by atoms with Crippen LogP contribution >= 0.6 is 11.3 Å². The summed E-state index contributed by atoms with van der Waals surface area (Å²) in [6, 6.07) is 17.4. The van der Waals surface area contributed by atoms with Gasteiger partial charge in [0.15, 0.2) is 11.5 Å². The van der Waals surface area contributed by atoms with Gasteiger partial charge in [0.05, 0.1) is 18.5 Å². The second-order valence-electron chi connectivity index (χ2n) is 6.48. The molecule has 144 valence electrons. The van der Waals surface area contributed by atoms with Crippen LogP contribution in [0.3, 0.4) is 0 Å². The first-order valence-corrected chi connectivity index (χ1v) is 9.85. The molecular weight excluding hydrogens is 374 g/mol. The van der Waals surface area contributed by atoms with Crippen molar-refractivity contribution in [1.29, 1.82) is 0 Å². The highest BCUT2D eigenvalue weighted by Gasteiger charge is 2.23. The van der Waals surface area contributed by atoms with Crippen molar-refractivity contribution in [1.82, 2.24) is 4.90 Å². The largest absolute Gasteiger partial charge is 0.493 e. The number of methoxy groups -OCH3 is 1. The number of para-hydroxylation sites is 3. The summed E-state index contributed by atoms with van der Waals surface area (Å²) < 4.78 is 16.8. The van der Waals surface area contributed by atoms with Crippen molar-refractivity contribution < 1.29 is 19.0 Å². The number of amides is 1. The van der Waals surface area contributed by atoms with Crippen LogP contribution in [0.25, 0.3) is 10.4 Å². The minimum Gasteiger partial charge on any atom is -0.493 e. The molecule has 0 saturated heterocycles. The third kappa shape index (κ3) is 3.55. The third-order valence-electron chi connectivity index (χ3n) is 4.63. The lowest BCUT2D eigenvalue weighted by Gasteiger charge is -2.17. The van der Waals surface area contributed by atoms with Crippen molar-refractivity contribution in [3.63, 3.8) is 0 Å². The van der Waals surface area contributed by atoms with Gasteiger partial charge in [-0.1, -0.05) is 24.3 Å². The number of hydrogen-bond acceptors (Lipinski definition) is 5. The summed E-state index contributed by atoms with van der Waals surface area (Å²) in [5, 5.41) is 0. The van der Waals surface area contributed by atoms with Crippen molar-refractivity contribution in [3.05, 3.63) is 65.0 Å². The lowest BCUT2D eigenvalue weighted by Crippen LogP contribution is -2.30. The van der Waals surface area contributed by atoms with E-state index in [-0.39, 0.29) is 5.91 Å². The molecule has 1 aliphatic rings. The molecule has 0 saturated carbocycles. The highest BCUT2D eigenvalue weighted by atomic mass is 32.1. The maximum Gasteiger partial charge on any atom is 0.263 e. The molecular formula is C22H21NO4S. The summed E-state index contributed by atoms with van der Waals surface area (Å²) in [5.41, 5.74) is 2.11. The predicted molar refractivity (Wildman–Crippen MR) is 110 cm³/mol. The van der Waals surface area contributed by atoms with Crippen molar-refractivity contribution in [2.45, 2.75) is 6.61 Å². The highest BCUT2D eigenvalue weighted by molar-refractivity contribution is 7.17. The fourth-order valence-electron chi connectivity index (χ4n) is 3.13. The summed E-state index contributed by atoms with van der Waals surface area (Å²) in [6.45, 7) is 1.36. The summed E-state index contributed by atoms with van der Waals surface area (Å²) in [4.78, 5) is 16.4. The third-order valence-corrected chi connectivity index (χ3v) is 5.83. The monoisotopic (exact) mass is 395 g/mol. The highest BCUT2D eigenvalue weighted by Crippen LogP contribution is 2.42. The zero-order valence-corrected chi connectivity index (χ0v) is 16.6. The number of rotatable bonds is 6. The Balaban J connectivity index is 1.42. The molecule has 0 radical (unpaired) electrons. The molecule has 0 N–H and O–H groups in total. The number of nitrogens with zero attached hydrogens (tertiary/aromatic N) is 1. The molecule has 0 atom stereocenters. The fraction of sp³-hybridized carbons (Fsp3) is 0.227. The Morgan fingerprint density at radius 3 is 2.71 bits per heavy atom. The molecule has 0 unspecified atom stereocenters. The second-order valence-corrected chi connectivity index (χ2v) is 7.53. The Morgan fingerprint density at radius 1 is 1.14 bits per heavy atom. The van der Waals surface area contributed by atoms with Gasteiger partial charge in [0.1, 0.15) is 19.0 Å². The zero-order chi connectivity index (χ0) is 19.5. The minimum absolute atomic E-state index is 0.0134. The smallest absolute Gasteiger partial charge is 0.263 e. The first kappa shape index (κ1) is 18.4. The van der Waals surface area contributed by atoms with Gasteiger partial charge in [-0.3, -0.25) is 4.79 Å². The van der Waals surface area contributed by atoms with Gasteiger partial charge in [-0.25, -0.2) is 0 Å². The second kappa shape index (κ2) is 7.94. The number of carbonyl (C=O) groups excluding carboxylic acids is 1. The van der Waals surface area contributed by atoms with E-state index in [1.54, 1.807) is 19.1 Å². The normalized spacial score (nSPS) is 11.8. The van der Waals surface area contributed by atoms with E-state index in [4.69, 9.17) is 14.2 Å². The Morgan fingerprint density at radius 2 is 1.89 bits per heavy atom. The van der Waals surface area contributed by atoms with Crippen molar-refractivity contribution >= 4 is 17.2 Å². The van der Waals surface area contributed by atoms with E-state index in [9.17, 15) is 4.79 Å². The van der Waals surface area contributed by atoms with Gasteiger partial charge in [0.2, 0.25) is 0 Å². The van der Waals surface area contributed by atoms with E-state index in [0.717, 1.165) is 21.8 Å². The topological polar surface area (TPSA) is 48.0 Å². The average Bonchev–Trinajstić information content (AvgIpc) is 3.18. The quantitative estimate of drug-likeness (QED) is 0.618. The number of fused-ring (bicyclic) bond motifs is 3. The van der Waals surface area contributed by atoms with Crippen LogP contribution in [-0.2, 0) is 6.61 Å². The summed E-state index contributed by atoms with van der Waals surface area (Å²) >= 11 is 1.52.